The highest BCUT2D eigenvalue weighted by molar-refractivity contribution is 7.97. The number of hydrogen-bond donors (Lipinski definition) is 3. The molecule has 0 spiro atoms. The number of methoxy groups -OCH3 is 1. The second-order valence-electron chi connectivity index (χ2n) is 7.43. The predicted molar refractivity (Wildman–Crippen MR) is 127 cm³/mol. The maximum Gasteiger partial charge on any atom is 0.225 e. The highest BCUT2D eigenvalue weighted by atomic mass is 32.2. The zero-order chi connectivity index (χ0) is 22.4. The van der Waals surface area contributed by atoms with E-state index in [9.17, 15) is 4.79 Å². The topological polar surface area (TPSA) is 106 Å². The fourth-order valence-electron chi connectivity index (χ4n) is 3.69. The summed E-state index contributed by atoms with van der Waals surface area (Å²) >= 11 is 1.08. The molecule has 0 aliphatic heterocycles. The predicted octanol–water partition coefficient (Wildman–Crippen LogP) is 3.83. The van der Waals surface area contributed by atoms with E-state index in [-0.39, 0.29) is 11.8 Å². The lowest BCUT2D eigenvalue weighted by Crippen LogP contribution is -2.34. The van der Waals surface area contributed by atoms with Crippen molar-refractivity contribution in [1.29, 1.82) is 0 Å². The number of amidine groups is 1. The van der Waals surface area contributed by atoms with Crippen molar-refractivity contribution in [1.82, 2.24) is 4.90 Å². The van der Waals surface area contributed by atoms with Crippen LogP contribution in [0.15, 0.2) is 45.3 Å². The Kier molecular flexibility index (Phi) is 8.37. The molecule has 0 aromatic heterocycles. The molecule has 0 saturated carbocycles. The first-order valence-corrected chi connectivity index (χ1v) is 10.9. The number of nitrogen functional groups attached to an aromatic ring is 1. The van der Waals surface area contributed by atoms with E-state index in [1.54, 1.807) is 25.1 Å². The van der Waals surface area contributed by atoms with Gasteiger partial charge in [-0.3, -0.25) is 14.9 Å². The van der Waals surface area contributed by atoms with E-state index < -0.39 is 0 Å². The normalized spacial score (nSPS) is 17.0. The maximum absolute atomic E-state index is 12.5. The molecule has 164 valence electrons. The number of amides is 1. The zero-order valence-electron chi connectivity index (χ0n) is 18.5. The molecule has 7 nitrogen and oxygen atoms in total. The van der Waals surface area contributed by atoms with Gasteiger partial charge in [-0.2, -0.15) is 0 Å². The number of nitrogens with zero attached hydrogens (tertiary/aromatic N) is 2. The van der Waals surface area contributed by atoms with Gasteiger partial charge in [-0.15, -0.1) is 0 Å². The van der Waals surface area contributed by atoms with Crippen molar-refractivity contribution in [3.8, 4) is 5.75 Å². The molecule has 1 unspecified atom stereocenters. The van der Waals surface area contributed by atoms with Gasteiger partial charge < -0.3 is 20.7 Å². The molecule has 2 rings (SSSR count). The third kappa shape index (κ3) is 5.17. The molecule has 0 heterocycles. The molecule has 1 amide bonds. The number of nitrogens with one attached hydrogen (secondary N) is 1. The van der Waals surface area contributed by atoms with E-state index >= 15 is 0 Å². The Bertz CT molecular complexity index is 879. The minimum atomic E-state index is 0.0304. The Morgan fingerprint density at radius 3 is 2.70 bits per heavy atom. The van der Waals surface area contributed by atoms with Gasteiger partial charge in [0, 0.05) is 43.1 Å². The molecular weight excluding hydrogens is 398 g/mol. The van der Waals surface area contributed by atoms with Crippen LogP contribution >= 0.6 is 11.9 Å². The Morgan fingerprint density at radius 1 is 1.47 bits per heavy atom. The number of ether oxygens (including phenoxy) is 1. The number of nitrogens with two attached hydrogens (primary N) is 2. The molecule has 0 bridgehead atoms. The third-order valence-corrected chi connectivity index (χ3v) is 6.20. The second kappa shape index (κ2) is 10.5. The number of hydrogen-bond acceptors (Lipinski definition) is 6. The van der Waals surface area contributed by atoms with Crippen LogP contribution in [0.25, 0.3) is 0 Å². The van der Waals surface area contributed by atoms with Crippen LogP contribution in [-0.2, 0) is 4.79 Å². The van der Waals surface area contributed by atoms with Crippen LogP contribution in [0, 0.1) is 5.92 Å². The SMILES string of the molecule is C=C(C(=NC)Nc1cc(SN)c(N)cc1OC)C1=C(C)CC(C(=O)N(C)CC)CC1. The Morgan fingerprint density at radius 2 is 2.17 bits per heavy atom. The lowest BCUT2D eigenvalue weighted by atomic mass is 9.81. The Hall–Kier alpha value is -2.45. The first kappa shape index (κ1) is 23.8. The van der Waals surface area contributed by atoms with E-state index in [1.165, 1.54) is 5.57 Å². The molecule has 1 aliphatic rings. The van der Waals surface area contributed by atoms with Crippen LogP contribution in [0.1, 0.15) is 33.1 Å². The minimum Gasteiger partial charge on any atom is -0.494 e. The largest absolute Gasteiger partial charge is 0.494 e. The van der Waals surface area contributed by atoms with Gasteiger partial charge in [-0.05, 0) is 56.7 Å². The van der Waals surface area contributed by atoms with Crippen molar-refractivity contribution in [2.45, 2.75) is 38.0 Å². The minimum absolute atomic E-state index is 0.0304. The van der Waals surface area contributed by atoms with Gasteiger partial charge >= 0.3 is 0 Å². The van der Waals surface area contributed by atoms with Gasteiger partial charge in [-0.25, -0.2) is 0 Å². The first-order chi connectivity index (χ1) is 14.3. The molecule has 1 aliphatic carbocycles. The second-order valence-corrected chi connectivity index (χ2v) is 8.11. The molecule has 8 heteroatoms. The van der Waals surface area contributed by atoms with Crippen LogP contribution in [0.4, 0.5) is 11.4 Å². The number of aliphatic imine (C=N–C) groups is 1. The third-order valence-electron chi connectivity index (χ3n) is 5.60. The summed E-state index contributed by atoms with van der Waals surface area (Å²) in [5.41, 5.74) is 10.4. The molecule has 0 fully saturated rings. The van der Waals surface area contributed by atoms with Crippen LogP contribution in [0.5, 0.6) is 5.75 Å². The van der Waals surface area contributed by atoms with Gasteiger partial charge in [0.1, 0.15) is 11.6 Å². The smallest absolute Gasteiger partial charge is 0.225 e. The summed E-state index contributed by atoms with van der Waals surface area (Å²) < 4.78 is 5.46. The highest BCUT2D eigenvalue weighted by Crippen LogP contribution is 2.36. The fraction of sp³-hybridized carbons (Fsp3) is 0.455. The van der Waals surface area contributed by atoms with E-state index in [4.69, 9.17) is 15.6 Å². The molecule has 0 radical (unpaired) electrons. The van der Waals surface area contributed by atoms with Crippen LogP contribution in [0.2, 0.25) is 0 Å². The maximum atomic E-state index is 12.5. The molecule has 1 atom stereocenters. The number of allylic oxidation sites excluding steroid dienone is 1. The van der Waals surface area contributed by atoms with Gasteiger partial charge in [0.15, 0.2) is 0 Å². The van der Waals surface area contributed by atoms with Crippen molar-refractivity contribution in [2.24, 2.45) is 16.0 Å². The summed E-state index contributed by atoms with van der Waals surface area (Å²) in [5, 5.41) is 9.04. The standard InChI is InChI=1S/C22H33N5O2S/c1-7-27(5)22(28)15-8-9-16(13(2)10-15)14(3)21(25-4)26-18-12-20(30-24)17(23)11-19(18)29-6/h11-12,15H,3,7-10,23-24H2,1-2,4-6H3,(H,25,26). The summed E-state index contributed by atoms with van der Waals surface area (Å²) in [7, 11) is 5.16. The van der Waals surface area contributed by atoms with Crippen molar-refractivity contribution < 1.29 is 9.53 Å². The quantitative estimate of drug-likeness (QED) is 0.262. The van der Waals surface area contributed by atoms with Gasteiger partial charge in [0.25, 0.3) is 0 Å². The van der Waals surface area contributed by atoms with Gasteiger partial charge in [0.05, 0.1) is 18.5 Å². The van der Waals surface area contributed by atoms with E-state index in [0.717, 1.165) is 53.8 Å². The van der Waals surface area contributed by atoms with Crippen LogP contribution in [-0.4, -0.2) is 44.4 Å². The number of benzene rings is 1. The Labute approximate surface area is 183 Å². The zero-order valence-corrected chi connectivity index (χ0v) is 19.4. The molecule has 5 N–H and O–H groups in total. The molecule has 1 aromatic rings. The molecule has 30 heavy (non-hydrogen) atoms. The average Bonchev–Trinajstić information content (AvgIpc) is 2.76. The van der Waals surface area contributed by atoms with Crippen molar-refractivity contribution >= 4 is 35.1 Å². The fourth-order valence-corrected chi connectivity index (χ4v) is 4.08. The lowest BCUT2D eigenvalue weighted by Gasteiger charge is -2.29. The van der Waals surface area contributed by atoms with E-state index in [2.05, 4.69) is 23.8 Å². The highest BCUT2D eigenvalue weighted by Gasteiger charge is 2.28. The average molecular weight is 432 g/mol. The summed E-state index contributed by atoms with van der Waals surface area (Å²) in [6, 6.07) is 3.58. The van der Waals surface area contributed by atoms with Gasteiger partial charge in [-0.1, -0.05) is 12.2 Å². The van der Waals surface area contributed by atoms with E-state index in [0.29, 0.717) is 23.0 Å². The first-order valence-electron chi connectivity index (χ1n) is 9.98. The Balaban J connectivity index is 2.25. The summed E-state index contributed by atoms with van der Waals surface area (Å²) in [6.45, 7) is 9.08. The van der Waals surface area contributed by atoms with Crippen LogP contribution in [0.3, 0.4) is 0 Å². The van der Waals surface area contributed by atoms with E-state index in [1.807, 2.05) is 20.0 Å². The molecule has 1 aromatic carbocycles. The number of carbonyl (C=O) groups is 1. The summed E-state index contributed by atoms with van der Waals surface area (Å²) in [6.07, 6.45) is 2.35. The monoisotopic (exact) mass is 431 g/mol. The van der Waals surface area contributed by atoms with Crippen molar-refractivity contribution in [3.63, 3.8) is 0 Å². The number of anilines is 2. The van der Waals surface area contributed by atoms with Crippen molar-refractivity contribution in [2.75, 3.05) is 38.8 Å². The molecule has 0 saturated heterocycles. The number of rotatable bonds is 7. The van der Waals surface area contributed by atoms with Gasteiger partial charge in [0.2, 0.25) is 5.91 Å². The number of carbonyl (C=O) groups excluding carboxylic acids is 1. The summed E-state index contributed by atoms with van der Waals surface area (Å²) in [4.78, 5) is 19.5. The van der Waals surface area contributed by atoms with Crippen molar-refractivity contribution in [3.05, 3.63) is 35.4 Å². The summed E-state index contributed by atoms with van der Waals surface area (Å²) in [5.74, 6) is 1.49. The lowest BCUT2D eigenvalue weighted by molar-refractivity contribution is -0.134. The molecular formula is C22H33N5O2S. The van der Waals surface area contributed by atoms with Crippen LogP contribution < -0.4 is 20.9 Å².